The molecule has 0 radical (unpaired) electrons. The first-order valence-electron chi connectivity index (χ1n) is 5.55. The van der Waals surface area contributed by atoms with Gasteiger partial charge in [0, 0.05) is 24.6 Å². The number of nitro groups is 1. The first-order chi connectivity index (χ1) is 8.58. The van der Waals surface area contributed by atoms with E-state index in [-0.39, 0.29) is 15.9 Å². The standard InChI is InChI=1S/C11H12BrFN2O3/c12-8-3-10(15(16)17)11(4-9(8)13)18-6-7-1-2-14-5-7/h3-4,7,14H,1-2,5-6H2. The average molecular weight is 319 g/mol. The number of benzene rings is 1. The van der Waals surface area contributed by atoms with Crippen molar-refractivity contribution in [3.05, 3.63) is 32.5 Å². The lowest BCUT2D eigenvalue weighted by molar-refractivity contribution is -0.386. The normalized spacial score (nSPS) is 18.9. The van der Waals surface area contributed by atoms with Crippen LogP contribution in [0.2, 0.25) is 0 Å². The molecule has 2 rings (SSSR count). The van der Waals surface area contributed by atoms with Crippen molar-refractivity contribution in [3.8, 4) is 5.75 Å². The zero-order valence-electron chi connectivity index (χ0n) is 9.49. The predicted molar refractivity (Wildman–Crippen MR) is 67.2 cm³/mol. The molecule has 1 fully saturated rings. The Morgan fingerprint density at radius 1 is 1.61 bits per heavy atom. The number of nitro benzene ring substituents is 1. The summed E-state index contributed by atoms with van der Waals surface area (Å²) in [5, 5.41) is 14.0. The molecule has 1 aliphatic rings. The second kappa shape index (κ2) is 5.62. The van der Waals surface area contributed by atoms with Crippen molar-refractivity contribution in [1.29, 1.82) is 0 Å². The van der Waals surface area contributed by atoms with Gasteiger partial charge in [0.1, 0.15) is 5.82 Å². The van der Waals surface area contributed by atoms with E-state index < -0.39 is 10.7 Å². The van der Waals surface area contributed by atoms with E-state index in [0.717, 1.165) is 31.6 Å². The maximum atomic E-state index is 13.4. The summed E-state index contributed by atoms with van der Waals surface area (Å²) >= 11 is 2.92. The fourth-order valence-electron chi connectivity index (χ4n) is 1.84. The first-order valence-corrected chi connectivity index (χ1v) is 6.34. The Morgan fingerprint density at radius 2 is 2.39 bits per heavy atom. The number of nitrogens with one attached hydrogen (secondary N) is 1. The fourth-order valence-corrected chi connectivity index (χ4v) is 2.17. The molecule has 1 atom stereocenters. The van der Waals surface area contributed by atoms with Crippen LogP contribution in [0.4, 0.5) is 10.1 Å². The average Bonchev–Trinajstić information content (AvgIpc) is 2.83. The number of ether oxygens (including phenoxy) is 1. The smallest absolute Gasteiger partial charge is 0.312 e. The number of halogens is 2. The Hall–Kier alpha value is -1.21. The van der Waals surface area contributed by atoms with Gasteiger partial charge in [0.05, 0.1) is 16.0 Å². The zero-order chi connectivity index (χ0) is 13.1. The quantitative estimate of drug-likeness (QED) is 0.684. The maximum Gasteiger partial charge on any atom is 0.312 e. The van der Waals surface area contributed by atoms with Crippen LogP contribution >= 0.6 is 15.9 Å². The van der Waals surface area contributed by atoms with Crippen LogP contribution in [0, 0.1) is 21.8 Å². The molecule has 1 heterocycles. The molecule has 1 saturated heterocycles. The summed E-state index contributed by atoms with van der Waals surface area (Å²) in [7, 11) is 0. The van der Waals surface area contributed by atoms with Crippen molar-refractivity contribution in [2.75, 3.05) is 19.7 Å². The van der Waals surface area contributed by atoms with Crippen molar-refractivity contribution in [2.24, 2.45) is 5.92 Å². The molecule has 0 aromatic heterocycles. The second-order valence-electron chi connectivity index (χ2n) is 4.16. The van der Waals surface area contributed by atoms with Crippen LogP contribution < -0.4 is 10.1 Å². The monoisotopic (exact) mass is 318 g/mol. The van der Waals surface area contributed by atoms with Crippen molar-refractivity contribution in [3.63, 3.8) is 0 Å². The molecule has 1 aromatic rings. The SMILES string of the molecule is O=[N+]([O-])c1cc(Br)c(F)cc1OCC1CCNC1. The van der Waals surface area contributed by atoms with E-state index in [0.29, 0.717) is 12.5 Å². The molecule has 0 saturated carbocycles. The lowest BCUT2D eigenvalue weighted by Gasteiger charge is -2.11. The van der Waals surface area contributed by atoms with Gasteiger partial charge in [-0.1, -0.05) is 0 Å². The number of hydrogen-bond acceptors (Lipinski definition) is 4. The van der Waals surface area contributed by atoms with Gasteiger partial charge in [0.25, 0.3) is 0 Å². The van der Waals surface area contributed by atoms with Crippen molar-refractivity contribution in [2.45, 2.75) is 6.42 Å². The number of nitrogens with zero attached hydrogens (tertiary/aromatic N) is 1. The zero-order valence-corrected chi connectivity index (χ0v) is 11.1. The first kappa shape index (κ1) is 13.2. The Kier molecular flexibility index (Phi) is 4.13. The molecule has 5 nitrogen and oxygen atoms in total. The summed E-state index contributed by atoms with van der Waals surface area (Å²) in [6.07, 6.45) is 0.965. The molecular weight excluding hydrogens is 307 g/mol. The third kappa shape index (κ3) is 2.97. The van der Waals surface area contributed by atoms with E-state index >= 15 is 0 Å². The van der Waals surface area contributed by atoms with Crippen LogP contribution in [0.25, 0.3) is 0 Å². The van der Waals surface area contributed by atoms with Crippen LogP contribution in [0.3, 0.4) is 0 Å². The molecule has 0 spiro atoms. The van der Waals surface area contributed by atoms with Crippen LogP contribution in [0.15, 0.2) is 16.6 Å². The Bertz CT molecular complexity index is 464. The summed E-state index contributed by atoms with van der Waals surface area (Å²) in [4.78, 5) is 10.3. The third-order valence-electron chi connectivity index (χ3n) is 2.84. The molecule has 0 amide bonds. The van der Waals surface area contributed by atoms with E-state index in [1.165, 1.54) is 0 Å². The van der Waals surface area contributed by atoms with Crippen molar-refractivity contribution in [1.82, 2.24) is 5.32 Å². The Labute approximate surface area is 112 Å². The van der Waals surface area contributed by atoms with Gasteiger partial charge in [-0.2, -0.15) is 0 Å². The van der Waals surface area contributed by atoms with Crippen LogP contribution in [0.1, 0.15) is 6.42 Å². The molecule has 1 aliphatic heterocycles. The molecule has 0 bridgehead atoms. The van der Waals surface area contributed by atoms with Gasteiger partial charge in [0.2, 0.25) is 0 Å². The van der Waals surface area contributed by atoms with Crippen molar-refractivity contribution >= 4 is 21.6 Å². The fraction of sp³-hybridized carbons (Fsp3) is 0.455. The minimum atomic E-state index is -0.577. The number of hydrogen-bond donors (Lipinski definition) is 1. The minimum Gasteiger partial charge on any atom is -0.486 e. The Morgan fingerprint density at radius 3 is 3.00 bits per heavy atom. The number of rotatable bonds is 4. The van der Waals surface area contributed by atoms with Gasteiger partial charge in [-0.15, -0.1) is 0 Å². The molecule has 18 heavy (non-hydrogen) atoms. The van der Waals surface area contributed by atoms with Gasteiger partial charge < -0.3 is 10.1 Å². The van der Waals surface area contributed by atoms with E-state index in [9.17, 15) is 14.5 Å². The highest BCUT2D eigenvalue weighted by Crippen LogP contribution is 2.32. The summed E-state index contributed by atoms with van der Waals surface area (Å²) in [6.45, 7) is 2.10. The lowest BCUT2D eigenvalue weighted by Crippen LogP contribution is -2.16. The summed E-state index contributed by atoms with van der Waals surface area (Å²) < 4.78 is 18.8. The molecule has 1 unspecified atom stereocenters. The largest absolute Gasteiger partial charge is 0.486 e. The van der Waals surface area contributed by atoms with Crippen LogP contribution in [-0.4, -0.2) is 24.6 Å². The van der Waals surface area contributed by atoms with Crippen LogP contribution in [-0.2, 0) is 0 Å². The summed E-state index contributed by atoms with van der Waals surface area (Å²) in [6, 6.07) is 2.17. The van der Waals surface area contributed by atoms with Crippen molar-refractivity contribution < 1.29 is 14.1 Å². The molecule has 1 N–H and O–H groups in total. The Balaban J connectivity index is 2.14. The highest BCUT2D eigenvalue weighted by atomic mass is 79.9. The molecule has 98 valence electrons. The lowest BCUT2D eigenvalue weighted by atomic mass is 10.1. The van der Waals surface area contributed by atoms with Crippen LogP contribution in [0.5, 0.6) is 5.75 Å². The van der Waals surface area contributed by atoms with Gasteiger partial charge >= 0.3 is 5.69 Å². The third-order valence-corrected chi connectivity index (χ3v) is 3.44. The van der Waals surface area contributed by atoms with E-state index in [4.69, 9.17) is 4.74 Å². The van der Waals surface area contributed by atoms with E-state index in [2.05, 4.69) is 21.2 Å². The van der Waals surface area contributed by atoms with Gasteiger partial charge in [0.15, 0.2) is 5.75 Å². The summed E-state index contributed by atoms with van der Waals surface area (Å²) in [5.41, 5.74) is -0.228. The topological polar surface area (TPSA) is 64.4 Å². The predicted octanol–water partition coefficient (Wildman–Crippen LogP) is 2.48. The highest BCUT2D eigenvalue weighted by Gasteiger charge is 2.21. The molecule has 7 heteroatoms. The van der Waals surface area contributed by atoms with Gasteiger partial charge in [-0.05, 0) is 28.9 Å². The molecule has 1 aromatic carbocycles. The van der Waals surface area contributed by atoms with Gasteiger partial charge in [-0.25, -0.2) is 4.39 Å². The van der Waals surface area contributed by atoms with Gasteiger partial charge in [-0.3, -0.25) is 10.1 Å². The van der Waals surface area contributed by atoms with E-state index in [1.807, 2.05) is 0 Å². The highest BCUT2D eigenvalue weighted by molar-refractivity contribution is 9.10. The molecular formula is C11H12BrFN2O3. The molecule has 0 aliphatic carbocycles. The maximum absolute atomic E-state index is 13.4. The van der Waals surface area contributed by atoms with E-state index in [1.54, 1.807) is 0 Å². The summed E-state index contributed by atoms with van der Waals surface area (Å²) in [5.74, 6) is -0.274. The minimum absolute atomic E-state index is 0.0207. The second-order valence-corrected chi connectivity index (χ2v) is 5.02.